The standard InChI is InChI=1S/C14H21N3O/c1-16(2)9-10-17(3)13(11-15)12-7-5-6-8-14(12)18-4/h5-8,13H,9-10H2,1-4H3. The van der Waals surface area contributed by atoms with E-state index in [9.17, 15) is 5.26 Å². The van der Waals surface area contributed by atoms with Crippen molar-refractivity contribution in [3.8, 4) is 11.8 Å². The molecule has 0 radical (unpaired) electrons. The number of para-hydroxylation sites is 1. The van der Waals surface area contributed by atoms with E-state index in [1.807, 2.05) is 50.3 Å². The second-order valence-corrected chi connectivity index (χ2v) is 4.56. The molecule has 0 aliphatic rings. The molecule has 0 saturated heterocycles. The second kappa shape index (κ2) is 7.00. The van der Waals surface area contributed by atoms with Gasteiger partial charge in [-0.15, -0.1) is 0 Å². The lowest BCUT2D eigenvalue weighted by atomic mass is 10.1. The molecule has 1 atom stereocenters. The molecular formula is C14H21N3O. The molecule has 0 spiro atoms. The molecule has 0 amide bonds. The van der Waals surface area contributed by atoms with Gasteiger partial charge in [-0.05, 0) is 27.2 Å². The summed E-state index contributed by atoms with van der Waals surface area (Å²) in [6.07, 6.45) is 0. The Kier molecular flexibility index (Phi) is 5.63. The minimum Gasteiger partial charge on any atom is -0.496 e. The lowest BCUT2D eigenvalue weighted by molar-refractivity contribution is 0.249. The molecule has 18 heavy (non-hydrogen) atoms. The molecule has 98 valence electrons. The summed E-state index contributed by atoms with van der Waals surface area (Å²) in [5.74, 6) is 0.765. The third kappa shape index (κ3) is 3.73. The lowest BCUT2D eigenvalue weighted by Gasteiger charge is -2.25. The van der Waals surface area contributed by atoms with Crippen molar-refractivity contribution in [3.05, 3.63) is 29.8 Å². The third-order valence-corrected chi connectivity index (χ3v) is 2.90. The van der Waals surface area contributed by atoms with Crippen LogP contribution in [0, 0.1) is 11.3 Å². The SMILES string of the molecule is COc1ccccc1C(C#N)N(C)CCN(C)C. The summed E-state index contributed by atoms with van der Waals surface area (Å²) in [7, 11) is 7.65. The number of ether oxygens (including phenoxy) is 1. The van der Waals surface area contributed by atoms with Crippen LogP contribution in [0.5, 0.6) is 5.75 Å². The minimum absolute atomic E-state index is 0.277. The van der Waals surface area contributed by atoms with Crippen LogP contribution in [0.15, 0.2) is 24.3 Å². The van der Waals surface area contributed by atoms with Crippen LogP contribution in [0.4, 0.5) is 0 Å². The van der Waals surface area contributed by atoms with Gasteiger partial charge in [0.25, 0.3) is 0 Å². The van der Waals surface area contributed by atoms with Crippen molar-refractivity contribution >= 4 is 0 Å². The van der Waals surface area contributed by atoms with Crippen LogP contribution in [0.3, 0.4) is 0 Å². The van der Waals surface area contributed by atoms with E-state index >= 15 is 0 Å². The van der Waals surface area contributed by atoms with E-state index < -0.39 is 0 Å². The highest BCUT2D eigenvalue weighted by atomic mass is 16.5. The Bertz CT molecular complexity index is 412. The smallest absolute Gasteiger partial charge is 0.127 e. The molecule has 0 aliphatic carbocycles. The predicted molar refractivity (Wildman–Crippen MR) is 72.5 cm³/mol. The van der Waals surface area contributed by atoms with Crippen LogP contribution < -0.4 is 4.74 Å². The second-order valence-electron chi connectivity index (χ2n) is 4.56. The van der Waals surface area contributed by atoms with E-state index in [0.717, 1.165) is 24.4 Å². The Balaban J connectivity index is 2.86. The monoisotopic (exact) mass is 247 g/mol. The minimum atomic E-state index is -0.277. The zero-order chi connectivity index (χ0) is 13.5. The summed E-state index contributed by atoms with van der Waals surface area (Å²) in [6.45, 7) is 1.76. The van der Waals surface area contributed by atoms with Crippen molar-refractivity contribution in [2.45, 2.75) is 6.04 Å². The van der Waals surface area contributed by atoms with E-state index in [1.54, 1.807) is 7.11 Å². The van der Waals surface area contributed by atoms with Crippen molar-refractivity contribution in [1.82, 2.24) is 9.80 Å². The Hall–Kier alpha value is -1.57. The number of methoxy groups -OCH3 is 1. The van der Waals surface area contributed by atoms with Gasteiger partial charge in [0.2, 0.25) is 0 Å². The van der Waals surface area contributed by atoms with Crippen LogP contribution in [0.25, 0.3) is 0 Å². The fraction of sp³-hybridized carbons (Fsp3) is 0.500. The Morgan fingerprint density at radius 3 is 2.44 bits per heavy atom. The summed E-state index contributed by atoms with van der Waals surface area (Å²) in [5, 5.41) is 9.37. The molecule has 0 N–H and O–H groups in total. The van der Waals surface area contributed by atoms with E-state index in [4.69, 9.17) is 4.74 Å². The van der Waals surface area contributed by atoms with Crippen molar-refractivity contribution in [2.75, 3.05) is 41.3 Å². The number of nitrogens with zero attached hydrogens (tertiary/aromatic N) is 3. The van der Waals surface area contributed by atoms with Crippen LogP contribution in [-0.4, -0.2) is 51.1 Å². The first kappa shape index (κ1) is 14.5. The molecular weight excluding hydrogens is 226 g/mol. The molecule has 1 aromatic carbocycles. The highest BCUT2D eigenvalue weighted by Gasteiger charge is 2.19. The number of rotatable bonds is 6. The molecule has 0 bridgehead atoms. The first-order chi connectivity index (χ1) is 8.60. The van der Waals surface area contributed by atoms with Crippen LogP contribution >= 0.6 is 0 Å². The number of nitriles is 1. The summed E-state index contributed by atoms with van der Waals surface area (Å²) in [4.78, 5) is 4.14. The van der Waals surface area contributed by atoms with E-state index in [2.05, 4.69) is 11.0 Å². The Morgan fingerprint density at radius 1 is 1.22 bits per heavy atom. The maximum atomic E-state index is 9.37. The summed E-state index contributed by atoms with van der Waals surface area (Å²) >= 11 is 0. The largest absolute Gasteiger partial charge is 0.496 e. The lowest BCUT2D eigenvalue weighted by Crippen LogP contribution is -2.31. The molecule has 1 unspecified atom stereocenters. The van der Waals surface area contributed by atoms with Gasteiger partial charge in [0.05, 0.1) is 13.2 Å². The van der Waals surface area contributed by atoms with Gasteiger partial charge in [0.1, 0.15) is 11.8 Å². The van der Waals surface area contributed by atoms with Gasteiger partial charge in [-0.2, -0.15) is 5.26 Å². The number of hydrogen-bond acceptors (Lipinski definition) is 4. The van der Waals surface area contributed by atoms with Crippen LogP contribution in [0.2, 0.25) is 0 Å². The summed E-state index contributed by atoms with van der Waals surface area (Å²) in [5.41, 5.74) is 0.920. The fourth-order valence-electron chi connectivity index (χ4n) is 1.78. The number of hydrogen-bond donors (Lipinski definition) is 0. The zero-order valence-electron chi connectivity index (χ0n) is 11.6. The highest BCUT2D eigenvalue weighted by Crippen LogP contribution is 2.27. The maximum Gasteiger partial charge on any atom is 0.127 e. The first-order valence-corrected chi connectivity index (χ1v) is 5.97. The fourth-order valence-corrected chi connectivity index (χ4v) is 1.78. The molecule has 4 nitrogen and oxygen atoms in total. The third-order valence-electron chi connectivity index (χ3n) is 2.90. The van der Waals surface area contributed by atoms with Gasteiger partial charge in [0, 0.05) is 18.7 Å². The zero-order valence-corrected chi connectivity index (χ0v) is 11.6. The highest BCUT2D eigenvalue weighted by molar-refractivity contribution is 5.38. The Morgan fingerprint density at radius 2 is 1.89 bits per heavy atom. The van der Waals surface area contributed by atoms with Gasteiger partial charge in [-0.3, -0.25) is 4.90 Å². The molecule has 4 heteroatoms. The summed E-state index contributed by atoms with van der Waals surface area (Å²) in [6, 6.07) is 9.74. The molecule has 1 rings (SSSR count). The molecule has 0 heterocycles. The van der Waals surface area contributed by atoms with Gasteiger partial charge >= 0.3 is 0 Å². The molecule has 0 saturated carbocycles. The van der Waals surface area contributed by atoms with Gasteiger partial charge in [-0.25, -0.2) is 0 Å². The molecule has 0 fully saturated rings. The molecule has 0 aromatic heterocycles. The molecule has 1 aromatic rings. The van der Waals surface area contributed by atoms with Gasteiger partial charge in [-0.1, -0.05) is 18.2 Å². The van der Waals surface area contributed by atoms with E-state index in [1.165, 1.54) is 0 Å². The van der Waals surface area contributed by atoms with E-state index in [-0.39, 0.29) is 6.04 Å². The topological polar surface area (TPSA) is 39.5 Å². The van der Waals surface area contributed by atoms with Crippen molar-refractivity contribution in [1.29, 1.82) is 5.26 Å². The quantitative estimate of drug-likeness (QED) is 0.768. The van der Waals surface area contributed by atoms with Crippen LogP contribution in [-0.2, 0) is 0 Å². The normalized spacial score (nSPS) is 12.5. The number of benzene rings is 1. The van der Waals surface area contributed by atoms with E-state index in [0.29, 0.717) is 0 Å². The van der Waals surface area contributed by atoms with Gasteiger partial charge in [0.15, 0.2) is 0 Å². The summed E-state index contributed by atoms with van der Waals surface area (Å²) < 4.78 is 5.32. The van der Waals surface area contributed by atoms with Crippen molar-refractivity contribution in [3.63, 3.8) is 0 Å². The maximum absolute atomic E-state index is 9.37. The number of likely N-dealkylation sites (N-methyl/N-ethyl adjacent to an activating group) is 2. The van der Waals surface area contributed by atoms with Gasteiger partial charge < -0.3 is 9.64 Å². The first-order valence-electron chi connectivity index (χ1n) is 5.97. The average molecular weight is 247 g/mol. The predicted octanol–water partition coefficient (Wildman–Crippen LogP) is 1.75. The van der Waals surface area contributed by atoms with Crippen molar-refractivity contribution < 1.29 is 4.74 Å². The molecule has 0 aliphatic heterocycles. The average Bonchev–Trinajstić information content (AvgIpc) is 2.37. The van der Waals surface area contributed by atoms with Crippen LogP contribution in [0.1, 0.15) is 11.6 Å². The van der Waals surface area contributed by atoms with Crippen molar-refractivity contribution in [2.24, 2.45) is 0 Å². The Labute approximate surface area is 109 Å².